The van der Waals surface area contributed by atoms with Crippen molar-refractivity contribution in [1.82, 2.24) is 14.7 Å². The Balaban J connectivity index is 1.76. The van der Waals surface area contributed by atoms with E-state index in [1.54, 1.807) is 16.7 Å². The largest absolute Gasteiger partial charge is 0.439 e. The molecule has 0 N–H and O–H groups in total. The number of carbonyl (C=O) groups excluding carboxylic acids is 1. The molecule has 168 valence electrons. The van der Waals surface area contributed by atoms with Gasteiger partial charge in [-0.2, -0.15) is 5.10 Å². The van der Waals surface area contributed by atoms with E-state index < -0.39 is 0 Å². The molecule has 3 aromatic carbocycles. The van der Waals surface area contributed by atoms with E-state index in [0.717, 1.165) is 16.8 Å². The SMILES string of the molecule is COCCN(Cc1c(-c2ccccc2)nn(C)c1Oc1ccccc1)C(=O)c1ccccc1. The van der Waals surface area contributed by atoms with Crippen molar-refractivity contribution in [2.75, 3.05) is 20.3 Å². The van der Waals surface area contributed by atoms with Crippen LogP contribution in [0.5, 0.6) is 11.6 Å². The maximum Gasteiger partial charge on any atom is 0.254 e. The van der Waals surface area contributed by atoms with Gasteiger partial charge in [0.1, 0.15) is 11.4 Å². The van der Waals surface area contributed by atoms with Gasteiger partial charge in [-0.05, 0) is 24.3 Å². The summed E-state index contributed by atoms with van der Waals surface area (Å²) in [5.41, 5.74) is 3.22. The molecule has 0 spiro atoms. The van der Waals surface area contributed by atoms with Crippen molar-refractivity contribution in [2.45, 2.75) is 6.54 Å². The molecule has 0 atom stereocenters. The molecular formula is C27H27N3O3. The summed E-state index contributed by atoms with van der Waals surface area (Å²) in [6.45, 7) is 1.20. The number of ether oxygens (including phenoxy) is 2. The van der Waals surface area contributed by atoms with Crippen molar-refractivity contribution >= 4 is 5.91 Å². The van der Waals surface area contributed by atoms with Crippen LogP contribution in [0.1, 0.15) is 15.9 Å². The smallest absolute Gasteiger partial charge is 0.254 e. The quantitative estimate of drug-likeness (QED) is 0.360. The molecule has 0 saturated carbocycles. The van der Waals surface area contributed by atoms with Gasteiger partial charge in [0.05, 0.1) is 18.7 Å². The molecule has 0 radical (unpaired) electrons. The first-order valence-corrected chi connectivity index (χ1v) is 10.8. The normalized spacial score (nSPS) is 10.7. The van der Waals surface area contributed by atoms with Crippen LogP contribution in [0, 0.1) is 0 Å². The summed E-state index contributed by atoms with van der Waals surface area (Å²) in [6.07, 6.45) is 0. The second kappa shape index (κ2) is 10.6. The minimum Gasteiger partial charge on any atom is -0.439 e. The van der Waals surface area contributed by atoms with E-state index in [9.17, 15) is 4.79 Å². The van der Waals surface area contributed by atoms with E-state index in [0.29, 0.717) is 36.9 Å². The van der Waals surface area contributed by atoms with Gasteiger partial charge >= 0.3 is 0 Å². The topological polar surface area (TPSA) is 56.6 Å². The first-order chi connectivity index (χ1) is 16.2. The molecule has 0 aliphatic rings. The van der Waals surface area contributed by atoms with Gasteiger partial charge in [-0.25, -0.2) is 4.68 Å². The Labute approximate surface area is 194 Å². The third-order valence-corrected chi connectivity index (χ3v) is 5.32. The zero-order valence-electron chi connectivity index (χ0n) is 18.8. The summed E-state index contributed by atoms with van der Waals surface area (Å²) in [7, 11) is 3.49. The molecule has 4 aromatic rings. The second-order valence-corrected chi connectivity index (χ2v) is 7.62. The van der Waals surface area contributed by atoms with Gasteiger partial charge in [0.15, 0.2) is 0 Å². The number of methoxy groups -OCH3 is 1. The Kier molecular flexibility index (Phi) is 7.17. The predicted octanol–water partition coefficient (Wildman–Crippen LogP) is 5.17. The molecule has 33 heavy (non-hydrogen) atoms. The fourth-order valence-electron chi connectivity index (χ4n) is 3.66. The molecule has 1 heterocycles. The van der Waals surface area contributed by atoms with Gasteiger partial charge in [0.25, 0.3) is 5.91 Å². The maximum atomic E-state index is 13.4. The first kappa shape index (κ1) is 22.3. The van der Waals surface area contributed by atoms with E-state index in [4.69, 9.17) is 14.6 Å². The summed E-state index contributed by atoms with van der Waals surface area (Å²) in [5, 5.41) is 4.76. The fraction of sp³-hybridized carbons (Fsp3) is 0.185. The Morgan fingerprint density at radius 1 is 0.909 bits per heavy atom. The van der Waals surface area contributed by atoms with E-state index in [2.05, 4.69) is 0 Å². The van der Waals surface area contributed by atoms with Gasteiger partial charge in [-0.1, -0.05) is 66.7 Å². The van der Waals surface area contributed by atoms with Crippen molar-refractivity contribution in [1.29, 1.82) is 0 Å². The third-order valence-electron chi connectivity index (χ3n) is 5.32. The van der Waals surface area contributed by atoms with Crippen LogP contribution in [0.25, 0.3) is 11.3 Å². The Bertz CT molecular complexity index is 1180. The number of aromatic nitrogens is 2. The average Bonchev–Trinajstić information content (AvgIpc) is 3.17. The molecular weight excluding hydrogens is 414 g/mol. The molecule has 1 amide bonds. The van der Waals surface area contributed by atoms with Crippen molar-refractivity contribution in [2.24, 2.45) is 7.05 Å². The van der Waals surface area contributed by atoms with Crippen LogP contribution in [0.15, 0.2) is 91.0 Å². The number of benzene rings is 3. The molecule has 0 fully saturated rings. The molecule has 0 unspecified atom stereocenters. The average molecular weight is 442 g/mol. The predicted molar refractivity (Wildman–Crippen MR) is 128 cm³/mol. The van der Waals surface area contributed by atoms with Crippen LogP contribution in [0.4, 0.5) is 0 Å². The summed E-state index contributed by atoms with van der Waals surface area (Å²) in [6, 6.07) is 28.8. The summed E-state index contributed by atoms with van der Waals surface area (Å²) in [4.78, 5) is 15.2. The van der Waals surface area contributed by atoms with Crippen molar-refractivity contribution in [3.8, 4) is 22.9 Å². The van der Waals surface area contributed by atoms with Crippen molar-refractivity contribution in [3.05, 3.63) is 102 Å². The van der Waals surface area contributed by atoms with Gasteiger partial charge in [-0.3, -0.25) is 4.79 Å². The van der Waals surface area contributed by atoms with Crippen LogP contribution >= 0.6 is 0 Å². The highest BCUT2D eigenvalue weighted by molar-refractivity contribution is 5.94. The number of hydrogen-bond donors (Lipinski definition) is 0. The van der Waals surface area contributed by atoms with Crippen LogP contribution < -0.4 is 4.74 Å². The highest BCUT2D eigenvalue weighted by atomic mass is 16.5. The highest BCUT2D eigenvalue weighted by Gasteiger charge is 2.25. The molecule has 4 rings (SSSR count). The maximum absolute atomic E-state index is 13.4. The van der Waals surface area contributed by atoms with E-state index in [1.165, 1.54) is 0 Å². The van der Waals surface area contributed by atoms with Crippen molar-refractivity contribution < 1.29 is 14.3 Å². The first-order valence-electron chi connectivity index (χ1n) is 10.8. The van der Waals surface area contributed by atoms with Crippen LogP contribution in [0.2, 0.25) is 0 Å². The molecule has 6 heteroatoms. The Morgan fingerprint density at radius 3 is 2.15 bits per heavy atom. The molecule has 0 bridgehead atoms. The number of nitrogens with zero attached hydrogens (tertiary/aromatic N) is 3. The zero-order valence-corrected chi connectivity index (χ0v) is 18.8. The van der Waals surface area contributed by atoms with E-state index in [1.807, 2.05) is 98.0 Å². The number of amides is 1. The third kappa shape index (κ3) is 5.30. The Hall–Kier alpha value is -3.90. The van der Waals surface area contributed by atoms with Gasteiger partial charge < -0.3 is 14.4 Å². The van der Waals surface area contributed by atoms with Crippen molar-refractivity contribution in [3.63, 3.8) is 0 Å². The second-order valence-electron chi connectivity index (χ2n) is 7.62. The van der Waals surface area contributed by atoms with Gasteiger partial charge in [-0.15, -0.1) is 0 Å². The molecule has 0 saturated heterocycles. The number of para-hydroxylation sites is 1. The Morgan fingerprint density at radius 2 is 1.52 bits per heavy atom. The molecule has 0 aliphatic carbocycles. The molecule has 6 nitrogen and oxygen atoms in total. The highest BCUT2D eigenvalue weighted by Crippen LogP contribution is 2.34. The lowest BCUT2D eigenvalue weighted by molar-refractivity contribution is 0.0679. The lowest BCUT2D eigenvalue weighted by Gasteiger charge is -2.23. The minimum absolute atomic E-state index is 0.0684. The zero-order chi connectivity index (χ0) is 23.0. The standard InChI is InChI=1S/C27H27N3O3/c1-29-27(33-23-16-10-5-11-17-23)24(25(28-29)21-12-6-3-7-13-21)20-30(18-19-32-2)26(31)22-14-8-4-9-15-22/h3-17H,18-20H2,1-2H3. The molecule has 0 aliphatic heterocycles. The summed E-state index contributed by atoms with van der Waals surface area (Å²) >= 11 is 0. The minimum atomic E-state index is -0.0684. The number of aryl methyl sites for hydroxylation is 1. The fourth-order valence-corrected chi connectivity index (χ4v) is 3.66. The lowest BCUT2D eigenvalue weighted by Crippen LogP contribution is -2.33. The lowest BCUT2D eigenvalue weighted by atomic mass is 10.1. The number of rotatable bonds is 9. The molecule has 1 aromatic heterocycles. The summed E-state index contributed by atoms with van der Waals surface area (Å²) < 4.78 is 13.3. The number of hydrogen-bond acceptors (Lipinski definition) is 4. The van der Waals surface area contributed by atoms with Crippen LogP contribution in [-0.2, 0) is 18.3 Å². The van der Waals surface area contributed by atoms with E-state index in [-0.39, 0.29) is 5.91 Å². The monoisotopic (exact) mass is 441 g/mol. The van der Waals surface area contributed by atoms with Crippen LogP contribution in [-0.4, -0.2) is 40.8 Å². The van der Waals surface area contributed by atoms with Gasteiger partial charge in [0, 0.05) is 31.8 Å². The van der Waals surface area contributed by atoms with E-state index >= 15 is 0 Å². The van der Waals surface area contributed by atoms with Crippen LogP contribution in [0.3, 0.4) is 0 Å². The number of carbonyl (C=O) groups is 1. The summed E-state index contributed by atoms with van der Waals surface area (Å²) in [5.74, 6) is 1.24. The van der Waals surface area contributed by atoms with Gasteiger partial charge in [0.2, 0.25) is 5.88 Å².